The standard InChI is InChI=1S/2C13H13O.2ClH.Ti/c2*1-14-13-8-6-12(7-9-13)10-11-4-2-3-5-11;;;/h2*2-9H,10H2,1H3;2*1H;/q2*-1;;;+2/p-2. The fourth-order valence-corrected chi connectivity index (χ4v) is 3.02. The van der Waals surface area contributed by atoms with Crippen LogP contribution < -0.4 is 9.47 Å². The van der Waals surface area contributed by atoms with Crippen molar-refractivity contribution in [1.82, 2.24) is 0 Å². The Kier molecular flexibility index (Phi) is 12.2. The Labute approximate surface area is 202 Å². The van der Waals surface area contributed by atoms with Crippen LogP contribution in [0.2, 0.25) is 0 Å². The van der Waals surface area contributed by atoms with Crippen LogP contribution in [0, 0.1) is 0 Å². The molecule has 0 atom stereocenters. The summed E-state index contributed by atoms with van der Waals surface area (Å²) in [7, 11) is 13.2. The molecule has 0 amide bonds. The van der Waals surface area contributed by atoms with Gasteiger partial charge in [0.2, 0.25) is 0 Å². The predicted molar refractivity (Wildman–Crippen MR) is 127 cm³/mol. The van der Waals surface area contributed by atoms with Gasteiger partial charge in [-0.05, 0) is 37.1 Å². The quantitative estimate of drug-likeness (QED) is 0.208. The normalized spacial score (nSPS) is 9.55. The van der Waals surface area contributed by atoms with Crippen LogP contribution in [-0.4, -0.2) is 14.2 Å². The third-order valence-electron chi connectivity index (χ3n) is 4.60. The van der Waals surface area contributed by atoms with Crippen molar-refractivity contribution >= 4 is 18.6 Å². The van der Waals surface area contributed by atoms with Crippen LogP contribution in [0.15, 0.2) is 97.1 Å². The van der Waals surface area contributed by atoms with E-state index >= 15 is 0 Å². The molecule has 4 aromatic carbocycles. The molecule has 0 bridgehead atoms. The van der Waals surface area contributed by atoms with E-state index in [4.69, 9.17) is 28.1 Å². The van der Waals surface area contributed by atoms with Crippen LogP contribution >= 0.6 is 18.6 Å². The molecule has 0 aliphatic rings. The average molecular weight is 489 g/mol. The van der Waals surface area contributed by atoms with Crippen LogP contribution in [0.1, 0.15) is 22.3 Å². The summed E-state index contributed by atoms with van der Waals surface area (Å²) >= 11 is -0.556. The Hall–Kier alpha value is -1.97. The predicted octanol–water partition coefficient (Wildman–Crippen LogP) is 7.39. The van der Waals surface area contributed by atoms with Crippen LogP contribution in [-0.2, 0) is 29.9 Å². The minimum atomic E-state index is -0.556. The van der Waals surface area contributed by atoms with E-state index in [9.17, 15) is 0 Å². The monoisotopic (exact) mass is 488 g/mol. The minimum absolute atomic E-state index is 0.556. The van der Waals surface area contributed by atoms with Crippen LogP contribution in [0.25, 0.3) is 0 Å². The molecule has 0 aliphatic carbocycles. The Morgan fingerprint density at radius 3 is 1.16 bits per heavy atom. The number of benzene rings is 2. The van der Waals surface area contributed by atoms with Gasteiger partial charge in [-0.15, -0.1) is 0 Å². The van der Waals surface area contributed by atoms with Crippen molar-refractivity contribution in [2.45, 2.75) is 12.8 Å². The first-order valence-corrected chi connectivity index (χ1v) is 14.1. The van der Waals surface area contributed by atoms with Gasteiger partial charge in [-0.3, -0.25) is 0 Å². The second kappa shape index (κ2) is 14.9. The Balaban J connectivity index is 0.000000196. The molecule has 0 radical (unpaired) electrons. The molecule has 31 heavy (non-hydrogen) atoms. The molecular formula is C26H26Cl2O2Ti-2. The van der Waals surface area contributed by atoms with Gasteiger partial charge in [-0.2, -0.15) is 35.4 Å². The number of methoxy groups -OCH3 is 2. The fourth-order valence-electron chi connectivity index (χ4n) is 3.02. The number of halogens is 2. The van der Waals surface area contributed by atoms with Gasteiger partial charge in [-0.1, -0.05) is 35.4 Å². The van der Waals surface area contributed by atoms with Gasteiger partial charge in [-0.25, -0.2) is 24.3 Å². The molecule has 0 unspecified atom stereocenters. The molecule has 0 aliphatic heterocycles. The maximum absolute atomic E-state index is 5.10. The van der Waals surface area contributed by atoms with Gasteiger partial charge in [0.1, 0.15) is 11.5 Å². The summed E-state index contributed by atoms with van der Waals surface area (Å²) in [6.45, 7) is 0. The molecule has 0 fully saturated rings. The molecule has 0 saturated heterocycles. The topological polar surface area (TPSA) is 18.5 Å². The summed E-state index contributed by atoms with van der Waals surface area (Å²) in [5.74, 6) is 1.83. The first-order chi connectivity index (χ1) is 15.2. The van der Waals surface area contributed by atoms with E-state index < -0.39 is 17.0 Å². The summed E-state index contributed by atoms with van der Waals surface area (Å²) in [4.78, 5) is 0. The molecule has 162 valence electrons. The third-order valence-corrected chi connectivity index (χ3v) is 4.60. The molecule has 4 aromatic rings. The number of hydrogen-bond acceptors (Lipinski definition) is 2. The van der Waals surface area contributed by atoms with Crippen molar-refractivity contribution < 1.29 is 26.5 Å². The second-order valence-electron chi connectivity index (χ2n) is 6.71. The fraction of sp³-hybridized carbons (Fsp3) is 0.154. The zero-order valence-corrected chi connectivity index (χ0v) is 20.8. The van der Waals surface area contributed by atoms with Crippen molar-refractivity contribution in [3.05, 3.63) is 119 Å². The van der Waals surface area contributed by atoms with E-state index in [1.54, 1.807) is 14.2 Å². The van der Waals surface area contributed by atoms with Gasteiger partial charge < -0.3 is 9.47 Å². The molecule has 2 nitrogen and oxygen atoms in total. The van der Waals surface area contributed by atoms with Gasteiger partial charge in [0.05, 0.1) is 14.2 Å². The first-order valence-electron chi connectivity index (χ1n) is 9.81. The van der Waals surface area contributed by atoms with Crippen molar-refractivity contribution in [2.75, 3.05) is 14.2 Å². The van der Waals surface area contributed by atoms with Crippen LogP contribution in [0.5, 0.6) is 11.5 Å². The number of rotatable bonds is 6. The Morgan fingerprint density at radius 2 is 0.903 bits per heavy atom. The zero-order valence-electron chi connectivity index (χ0n) is 17.7. The molecule has 0 heterocycles. The van der Waals surface area contributed by atoms with Gasteiger partial charge in [0.25, 0.3) is 0 Å². The van der Waals surface area contributed by atoms with E-state index in [0.717, 1.165) is 24.3 Å². The molecule has 0 N–H and O–H groups in total. The van der Waals surface area contributed by atoms with E-state index in [0.29, 0.717) is 0 Å². The molecule has 4 rings (SSSR count). The molecule has 5 heteroatoms. The van der Waals surface area contributed by atoms with Gasteiger partial charge in [0, 0.05) is 0 Å². The molecule has 0 spiro atoms. The molecular weight excluding hydrogens is 463 g/mol. The molecule has 0 aromatic heterocycles. The van der Waals surface area contributed by atoms with Crippen molar-refractivity contribution in [3.8, 4) is 11.5 Å². The van der Waals surface area contributed by atoms with Crippen molar-refractivity contribution in [1.29, 1.82) is 0 Å². The molecule has 0 saturated carbocycles. The first kappa shape index (κ1) is 25.3. The summed E-state index contributed by atoms with van der Waals surface area (Å²) in [5.41, 5.74) is 5.35. The summed E-state index contributed by atoms with van der Waals surface area (Å²) in [5, 5.41) is 0. The van der Waals surface area contributed by atoms with Gasteiger partial charge in [0.15, 0.2) is 0 Å². The van der Waals surface area contributed by atoms with E-state index in [-0.39, 0.29) is 0 Å². The Bertz CT molecular complexity index is 853. The SMILES string of the molecule is COc1ccc(C[c-]2cccc2)cc1.COc1ccc(C[c-]2cccc2)cc1.[Cl][Ti][Cl]. The van der Waals surface area contributed by atoms with E-state index in [1.165, 1.54) is 22.3 Å². The number of hydrogen-bond donors (Lipinski definition) is 0. The average Bonchev–Trinajstić information content (AvgIpc) is 3.50. The van der Waals surface area contributed by atoms with Crippen molar-refractivity contribution in [2.24, 2.45) is 0 Å². The second-order valence-corrected chi connectivity index (χ2v) is 9.29. The summed E-state index contributed by atoms with van der Waals surface area (Å²) in [6.07, 6.45) is 1.99. The summed E-state index contributed by atoms with van der Waals surface area (Å²) in [6, 6.07) is 33.3. The van der Waals surface area contributed by atoms with Gasteiger partial charge >= 0.3 is 35.6 Å². The van der Waals surface area contributed by atoms with E-state index in [2.05, 4.69) is 72.8 Å². The van der Waals surface area contributed by atoms with Crippen molar-refractivity contribution in [3.63, 3.8) is 0 Å². The Morgan fingerprint density at radius 1 is 0.613 bits per heavy atom. The maximum atomic E-state index is 5.10. The summed E-state index contributed by atoms with van der Waals surface area (Å²) < 4.78 is 10.2. The third kappa shape index (κ3) is 9.80. The number of ether oxygens (including phenoxy) is 2. The zero-order chi connectivity index (χ0) is 22.3. The van der Waals surface area contributed by atoms with E-state index in [1.807, 2.05) is 24.3 Å². The van der Waals surface area contributed by atoms with Crippen LogP contribution in [0.3, 0.4) is 0 Å². The van der Waals surface area contributed by atoms with Crippen LogP contribution in [0.4, 0.5) is 0 Å².